The van der Waals surface area contributed by atoms with Gasteiger partial charge in [0, 0.05) is 9.89 Å². The first kappa shape index (κ1) is 16.5. The minimum absolute atomic E-state index is 0.0291. The van der Waals surface area contributed by atoms with Crippen LogP contribution < -0.4 is 10.6 Å². The molecule has 1 aliphatic heterocycles. The van der Waals surface area contributed by atoms with Gasteiger partial charge in [-0.15, -0.1) is 0 Å². The van der Waals surface area contributed by atoms with Crippen LogP contribution in [-0.2, 0) is 4.79 Å². The number of hydrogen-bond donors (Lipinski definition) is 2. The number of carbonyl (C=O) groups excluding carboxylic acids is 1. The van der Waals surface area contributed by atoms with Crippen LogP contribution in [0.5, 0.6) is 0 Å². The van der Waals surface area contributed by atoms with Crippen molar-refractivity contribution in [2.45, 2.75) is 39.7 Å². The lowest BCUT2D eigenvalue weighted by Crippen LogP contribution is -2.47. The van der Waals surface area contributed by atoms with Crippen LogP contribution in [0.25, 0.3) is 0 Å². The molecule has 1 amide bonds. The second-order valence-corrected chi connectivity index (χ2v) is 7.43. The number of carbonyl (C=O) groups is 1. The summed E-state index contributed by atoms with van der Waals surface area (Å²) in [6.45, 7) is 8.18. The van der Waals surface area contributed by atoms with Crippen molar-refractivity contribution in [2.24, 2.45) is 11.3 Å². The largest absolute Gasteiger partial charge is 0.349 e. The Bertz CT molecular complexity index is 478. The highest BCUT2D eigenvalue weighted by atomic mass is 79.9. The van der Waals surface area contributed by atoms with Crippen LogP contribution in [0.2, 0.25) is 0 Å². The van der Waals surface area contributed by atoms with Crippen LogP contribution >= 0.6 is 15.9 Å². The Morgan fingerprint density at radius 3 is 2.62 bits per heavy atom. The van der Waals surface area contributed by atoms with Crippen molar-refractivity contribution in [3.8, 4) is 0 Å². The molecule has 2 unspecified atom stereocenters. The molecule has 1 heterocycles. The summed E-state index contributed by atoms with van der Waals surface area (Å²) >= 11 is 3.43. The molecular formula is C17H25BrN2O. The van der Waals surface area contributed by atoms with E-state index in [1.165, 1.54) is 0 Å². The topological polar surface area (TPSA) is 41.1 Å². The van der Waals surface area contributed by atoms with Gasteiger partial charge in [0.05, 0.1) is 6.04 Å². The molecule has 116 valence electrons. The quantitative estimate of drug-likeness (QED) is 0.868. The van der Waals surface area contributed by atoms with Gasteiger partial charge in [-0.3, -0.25) is 4.79 Å². The van der Waals surface area contributed by atoms with Gasteiger partial charge >= 0.3 is 0 Å². The minimum Gasteiger partial charge on any atom is -0.349 e. The molecule has 2 atom stereocenters. The van der Waals surface area contributed by atoms with E-state index in [2.05, 4.69) is 40.4 Å². The zero-order valence-electron chi connectivity index (χ0n) is 13.1. The predicted molar refractivity (Wildman–Crippen MR) is 90.1 cm³/mol. The second kappa shape index (κ2) is 6.93. The first-order chi connectivity index (χ1) is 9.91. The van der Waals surface area contributed by atoms with Crippen LogP contribution in [0.4, 0.5) is 0 Å². The highest BCUT2D eigenvalue weighted by molar-refractivity contribution is 9.10. The predicted octanol–water partition coefficient (Wildman–Crippen LogP) is 3.65. The Morgan fingerprint density at radius 1 is 1.38 bits per heavy atom. The van der Waals surface area contributed by atoms with E-state index < -0.39 is 0 Å². The summed E-state index contributed by atoms with van der Waals surface area (Å²) in [5.41, 5.74) is 0.793. The third-order valence-corrected chi connectivity index (χ3v) is 5.15. The molecule has 1 aromatic rings. The summed E-state index contributed by atoms with van der Waals surface area (Å²) in [5.74, 6) is 0.551. The zero-order valence-corrected chi connectivity index (χ0v) is 14.7. The first-order valence-electron chi connectivity index (χ1n) is 7.68. The van der Waals surface area contributed by atoms with Crippen molar-refractivity contribution in [1.82, 2.24) is 10.6 Å². The van der Waals surface area contributed by atoms with Crippen molar-refractivity contribution in [2.75, 3.05) is 13.1 Å². The minimum atomic E-state index is -0.336. The van der Waals surface area contributed by atoms with Crippen molar-refractivity contribution < 1.29 is 4.79 Å². The molecule has 1 fully saturated rings. The Hall–Kier alpha value is -0.870. The van der Waals surface area contributed by atoms with E-state index in [0.717, 1.165) is 36.0 Å². The Morgan fingerprint density at radius 2 is 2.05 bits per heavy atom. The van der Waals surface area contributed by atoms with Crippen molar-refractivity contribution in [3.63, 3.8) is 0 Å². The summed E-state index contributed by atoms with van der Waals surface area (Å²) in [5, 5.41) is 6.57. The fraction of sp³-hybridized carbons (Fsp3) is 0.588. The number of hydrogen-bond acceptors (Lipinski definition) is 2. The number of halogens is 1. The lowest BCUT2D eigenvalue weighted by molar-refractivity contribution is -0.133. The Kier molecular flexibility index (Phi) is 5.44. The third kappa shape index (κ3) is 4.07. The molecule has 1 aromatic carbocycles. The summed E-state index contributed by atoms with van der Waals surface area (Å²) in [7, 11) is 0. The highest BCUT2D eigenvalue weighted by Crippen LogP contribution is 2.32. The van der Waals surface area contributed by atoms with Crippen LogP contribution in [0.1, 0.15) is 45.2 Å². The fourth-order valence-corrected chi connectivity index (χ4v) is 3.13. The molecule has 21 heavy (non-hydrogen) atoms. The maximum Gasteiger partial charge on any atom is 0.226 e. The molecule has 0 radical (unpaired) electrons. The molecule has 3 nitrogen and oxygen atoms in total. The maximum atomic E-state index is 12.7. The molecule has 2 rings (SSSR count). The van der Waals surface area contributed by atoms with E-state index in [1.54, 1.807) is 0 Å². The molecule has 1 aliphatic rings. The summed E-state index contributed by atoms with van der Waals surface area (Å²) in [6, 6.07) is 8.14. The molecule has 0 aromatic heterocycles. The Labute approximate surface area is 136 Å². The van der Waals surface area contributed by atoms with Gasteiger partial charge in [0.15, 0.2) is 0 Å². The molecule has 1 saturated heterocycles. The Balaban J connectivity index is 2.00. The monoisotopic (exact) mass is 352 g/mol. The van der Waals surface area contributed by atoms with Gasteiger partial charge in [-0.05, 0) is 56.5 Å². The molecule has 0 aliphatic carbocycles. The SMILES string of the molecule is CC(NC(=O)C(C)(C)C1CCCNC1)c1ccc(Br)cc1. The van der Waals surface area contributed by atoms with E-state index in [1.807, 2.05) is 31.2 Å². The van der Waals surface area contributed by atoms with Gasteiger partial charge in [-0.1, -0.05) is 41.9 Å². The van der Waals surface area contributed by atoms with Gasteiger partial charge in [-0.25, -0.2) is 0 Å². The number of rotatable bonds is 4. The standard InChI is InChI=1S/C17H25BrN2O/c1-12(13-6-8-15(18)9-7-13)20-16(21)17(2,3)14-5-4-10-19-11-14/h6-9,12,14,19H,4-5,10-11H2,1-3H3,(H,20,21). The van der Waals surface area contributed by atoms with Gasteiger partial charge in [-0.2, -0.15) is 0 Å². The molecule has 0 saturated carbocycles. The van der Waals surface area contributed by atoms with Crippen molar-refractivity contribution in [3.05, 3.63) is 34.3 Å². The number of nitrogens with one attached hydrogen (secondary N) is 2. The molecular weight excluding hydrogens is 328 g/mol. The second-order valence-electron chi connectivity index (χ2n) is 6.51. The van der Waals surface area contributed by atoms with Gasteiger partial charge in [0.2, 0.25) is 5.91 Å². The molecule has 2 N–H and O–H groups in total. The van der Waals surface area contributed by atoms with Crippen molar-refractivity contribution in [1.29, 1.82) is 0 Å². The van der Waals surface area contributed by atoms with Gasteiger partial charge in [0.1, 0.15) is 0 Å². The number of benzene rings is 1. The molecule has 0 spiro atoms. The van der Waals surface area contributed by atoms with Crippen LogP contribution in [0, 0.1) is 11.3 Å². The van der Waals surface area contributed by atoms with E-state index >= 15 is 0 Å². The summed E-state index contributed by atoms with van der Waals surface area (Å²) in [6.07, 6.45) is 2.28. The van der Waals surface area contributed by atoms with Crippen LogP contribution in [0.15, 0.2) is 28.7 Å². The van der Waals surface area contributed by atoms with Crippen molar-refractivity contribution >= 4 is 21.8 Å². The lowest BCUT2D eigenvalue weighted by Gasteiger charge is -2.36. The smallest absolute Gasteiger partial charge is 0.226 e. The maximum absolute atomic E-state index is 12.7. The van der Waals surface area contributed by atoms with Gasteiger partial charge in [0.25, 0.3) is 0 Å². The summed E-state index contributed by atoms with van der Waals surface area (Å²) < 4.78 is 1.05. The lowest BCUT2D eigenvalue weighted by atomic mass is 9.74. The zero-order chi connectivity index (χ0) is 15.5. The van der Waals surface area contributed by atoms with E-state index in [9.17, 15) is 4.79 Å². The first-order valence-corrected chi connectivity index (χ1v) is 8.47. The average molecular weight is 353 g/mol. The normalized spacial score (nSPS) is 20.9. The van der Waals surface area contributed by atoms with Crippen LogP contribution in [-0.4, -0.2) is 19.0 Å². The van der Waals surface area contributed by atoms with E-state index in [0.29, 0.717) is 5.92 Å². The van der Waals surface area contributed by atoms with Crippen LogP contribution in [0.3, 0.4) is 0 Å². The fourth-order valence-electron chi connectivity index (χ4n) is 2.87. The third-order valence-electron chi connectivity index (χ3n) is 4.62. The van der Waals surface area contributed by atoms with E-state index in [4.69, 9.17) is 0 Å². The number of amides is 1. The number of piperidine rings is 1. The van der Waals surface area contributed by atoms with Gasteiger partial charge < -0.3 is 10.6 Å². The molecule has 0 bridgehead atoms. The van der Waals surface area contributed by atoms with E-state index in [-0.39, 0.29) is 17.4 Å². The average Bonchev–Trinajstić information content (AvgIpc) is 2.48. The highest BCUT2D eigenvalue weighted by Gasteiger charge is 2.37. The summed E-state index contributed by atoms with van der Waals surface area (Å²) in [4.78, 5) is 12.7. The molecule has 4 heteroatoms.